The quantitative estimate of drug-likeness (QED) is 0.244. The average molecular weight is 547 g/mol. The number of benzene rings is 3. The molecule has 204 valence electrons. The van der Waals surface area contributed by atoms with Crippen molar-refractivity contribution in [3.63, 3.8) is 0 Å². The number of fused-ring (bicyclic) bond motifs is 3. The first-order valence-electron chi connectivity index (χ1n) is 13.1. The first-order valence-corrected chi connectivity index (χ1v) is 15.1. The normalized spacial score (nSPS) is 12.9. The number of aryl methyl sites for hydroxylation is 3. The van der Waals surface area contributed by atoms with E-state index in [9.17, 15) is 13.2 Å². The first-order chi connectivity index (χ1) is 18.6. The monoisotopic (exact) mass is 546 g/mol. The lowest BCUT2D eigenvalue weighted by molar-refractivity contribution is -0.137. The number of carboxylic acid groups (broad SMARTS) is 1. The van der Waals surface area contributed by atoms with Gasteiger partial charge >= 0.3 is 5.97 Å². The molecule has 0 heterocycles. The molecular formula is C32H34O6S. The third-order valence-electron chi connectivity index (χ3n) is 6.81. The molecule has 0 aromatic heterocycles. The van der Waals surface area contributed by atoms with E-state index in [-0.39, 0.29) is 18.1 Å². The Balaban J connectivity index is 1.45. The third kappa shape index (κ3) is 7.64. The number of carbonyl (C=O) groups is 1. The summed E-state index contributed by atoms with van der Waals surface area (Å²) in [5.74, 6) is 6.18. The van der Waals surface area contributed by atoms with Gasteiger partial charge in [0.05, 0.1) is 24.7 Å². The zero-order valence-corrected chi connectivity index (χ0v) is 23.4. The highest BCUT2D eigenvalue weighted by Crippen LogP contribution is 2.39. The van der Waals surface area contributed by atoms with Gasteiger partial charge in [0.15, 0.2) is 0 Å². The zero-order valence-electron chi connectivity index (χ0n) is 22.6. The largest absolute Gasteiger partial charge is 0.494 e. The summed E-state index contributed by atoms with van der Waals surface area (Å²) < 4.78 is 34.7. The Morgan fingerprint density at radius 3 is 2.44 bits per heavy atom. The second-order valence-corrected chi connectivity index (χ2v) is 12.3. The smallest absolute Gasteiger partial charge is 0.304 e. The molecule has 0 bridgehead atoms. The molecule has 1 unspecified atom stereocenters. The first kappa shape index (κ1) is 28.3. The van der Waals surface area contributed by atoms with Crippen LogP contribution in [0.25, 0.3) is 11.1 Å². The van der Waals surface area contributed by atoms with Crippen LogP contribution in [0.2, 0.25) is 0 Å². The fraction of sp³-hybridized carbons (Fsp3) is 0.344. The summed E-state index contributed by atoms with van der Waals surface area (Å²) in [5.41, 5.74) is 8.04. The topological polar surface area (TPSA) is 89.9 Å². The fourth-order valence-electron chi connectivity index (χ4n) is 5.00. The Labute approximate surface area is 230 Å². The molecule has 4 rings (SSSR count). The van der Waals surface area contributed by atoms with Crippen molar-refractivity contribution in [1.82, 2.24) is 0 Å². The molecular weight excluding hydrogens is 512 g/mol. The molecule has 6 nitrogen and oxygen atoms in total. The van der Waals surface area contributed by atoms with E-state index in [4.69, 9.17) is 14.6 Å². The molecule has 0 radical (unpaired) electrons. The van der Waals surface area contributed by atoms with Crippen LogP contribution in [0.3, 0.4) is 0 Å². The molecule has 0 amide bonds. The minimum absolute atomic E-state index is 0.0339. The van der Waals surface area contributed by atoms with Crippen molar-refractivity contribution in [2.24, 2.45) is 0 Å². The van der Waals surface area contributed by atoms with Gasteiger partial charge in [0.1, 0.15) is 27.9 Å². The van der Waals surface area contributed by atoms with Gasteiger partial charge in [0.2, 0.25) is 0 Å². The molecule has 1 N–H and O–H groups in total. The number of sulfone groups is 1. The molecule has 3 aromatic carbocycles. The van der Waals surface area contributed by atoms with Gasteiger partial charge in [-0.2, -0.15) is 0 Å². The number of aliphatic carboxylic acids is 1. The van der Waals surface area contributed by atoms with Crippen LogP contribution in [0.1, 0.15) is 53.5 Å². The van der Waals surface area contributed by atoms with E-state index in [2.05, 4.69) is 43.0 Å². The van der Waals surface area contributed by atoms with E-state index in [1.807, 2.05) is 30.3 Å². The number of hydrogen-bond acceptors (Lipinski definition) is 5. The number of hydrogen-bond donors (Lipinski definition) is 1. The van der Waals surface area contributed by atoms with Crippen LogP contribution in [0.5, 0.6) is 11.5 Å². The lowest BCUT2D eigenvalue weighted by Gasteiger charge is -2.24. The Bertz CT molecular complexity index is 1510. The molecule has 7 heteroatoms. The van der Waals surface area contributed by atoms with Gasteiger partial charge in [-0.1, -0.05) is 30.2 Å². The zero-order chi connectivity index (χ0) is 28.0. The summed E-state index contributed by atoms with van der Waals surface area (Å²) in [4.78, 5) is 11.2. The Morgan fingerprint density at radius 2 is 1.74 bits per heavy atom. The van der Waals surface area contributed by atoms with Gasteiger partial charge in [-0.25, -0.2) is 8.42 Å². The molecule has 1 atom stereocenters. The van der Waals surface area contributed by atoms with Gasteiger partial charge in [-0.05, 0) is 102 Å². The Morgan fingerprint density at radius 1 is 1.00 bits per heavy atom. The summed E-state index contributed by atoms with van der Waals surface area (Å²) in [7, 11) is -2.99. The van der Waals surface area contributed by atoms with E-state index in [0.29, 0.717) is 25.4 Å². The highest BCUT2D eigenvalue weighted by molar-refractivity contribution is 7.90. The van der Waals surface area contributed by atoms with Gasteiger partial charge < -0.3 is 14.6 Å². The predicted octanol–water partition coefficient (Wildman–Crippen LogP) is 5.73. The number of rotatable bonds is 11. The van der Waals surface area contributed by atoms with Crippen molar-refractivity contribution in [3.8, 4) is 34.5 Å². The molecule has 0 fully saturated rings. The molecule has 0 saturated heterocycles. The summed E-state index contributed by atoms with van der Waals surface area (Å²) in [5, 5.41) is 9.16. The van der Waals surface area contributed by atoms with Crippen molar-refractivity contribution >= 4 is 15.8 Å². The molecule has 1 aliphatic carbocycles. The van der Waals surface area contributed by atoms with Crippen LogP contribution in [-0.2, 0) is 34.1 Å². The van der Waals surface area contributed by atoms with Crippen molar-refractivity contribution in [3.05, 3.63) is 82.4 Å². The van der Waals surface area contributed by atoms with Crippen LogP contribution in [0.15, 0.2) is 54.6 Å². The molecule has 39 heavy (non-hydrogen) atoms. The number of ether oxygens (including phenoxy) is 2. The van der Waals surface area contributed by atoms with Crippen LogP contribution in [-0.4, -0.2) is 38.1 Å². The van der Waals surface area contributed by atoms with Gasteiger partial charge in [-0.15, -0.1) is 5.92 Å². The summed E-state index contributed by atoms with van der Waals surface area (Å²) >= 11 is 0. The minimum Gasteiger partial charge on any atom is -0.494 e. The molecule has 0 aliphatic heterocycles. The standard InChI is InChI=1S/C32H34O6S/c1-4-6-26(20-31(33)34)24-11-13-28(14-12-24)38-21-23-7-8-25-9-10-27-19-29(37-15-5-16-39(3,35)36)17-22(2)32(27)30(25)18-23/h7-8,11-14,17-19,26H,5,9-10,15-16,20-21H2,1-3H3,(H,33,34). The maximum atomic E-state index is 11.4. The Hall–Kier alpha value is -3.76. The van der Waals surface area contributed by atoms with Crippen LogP contribution in [0, 0.1) is 18.8 Å². The van der Waals surface area contributed by atoms with Crippen LogP contribution < -0.4 is 9.47 Å². The molecule has 1 aliphatic rings. The summed E-state index contributed by atoms with van der Waals surface area (Å²) in [6, 6.07) is 18.0. The van der Waals surface area contributed by atoms with Gasteiger partial charge in [0.25, 0.3) is 0 Å². The number of carboxylic acids is 1. The van der Waals surface area contributed by atoms with E-state index in [1.54, 1.807) is 6.92 Å². The fourth-order valence-corrected chi connectivity index (χ4v) is 5.64. The Kier molecular flexibility index (Phi) is 8.98. The summed E-state index contributed by atoms with van der Waals surface area (Å²) in [6.45, 7) is 4.58. The third-order valence-corrected chi connectivity index (χ3v) is 7.84. The maximum Gasteiger partial charge on any atom is 0.304 e. The van der Waals surface area contributed by atoms with E-state index in [0.717, 1.165) is 35.3 Å². The van der Waals surface area contributed by atoms with Crippen molar-refractivity contribution in [1.29, 1.82) is 0 Å². The molecule has 0 spiro atoms. The average Bonchev–Trinajstić information content (AvgIpc) is 2.89. The van der Waals surface area contributed by atoms with Crippen molar-refractivity contribution < 1.29 is 27.8 Å². The second-order valence-electron chi connectivity index (χ2n) is 10.0. The van der Waals surface area contributed by atoms with Crippen LogP contribution in [0.4, 0.5) is 0 Å². The highest BCUT2D eigenvalue weighted by atomic mass is 32.2. The van der Waals surface area contributed by atoms with Gasteiger partial charge in [0, 0.05) is 6.26 Å². The predicted molar refractivity (Wildman–Crippen MR) is 153 cm³/mol. The van der Waals surface area contributed by atoms with Gasteiger partial charge in [-0.3, -0.25) is 4.79 Å². The maximum absolute atomic E-state index is 11.4. The highest BCUT2D eigenvalue weighted by Gasteiger charge is 2.20. The van der Waals surface area contributed by atoms with E-state index >= 15 is 0 Å². The SMILES string of the molecule is CC#CC(CC(=O)O)c1ccc(OCc2ccc3c(c2)-c2c(C)cc(OCCCS(C)(=O)=O)cc2CC3)cc1. The van der Waals surface area contributed by atoms with Crippen molar-refractivity contribution in [2.45, 2.75) is 52.1 Å². The lowest BCUT2D eigenvalue weighted by Crippen LogP contribution is -2.10. The van der Waals surface area contributed by atoms with Crippen molar-refractivity contribution in [2.75, 3.05) is 18.6 Å². The lowest BCUT2D eigenvalue weighted by atomic mass is 9.82. The summed E-state index contributed by atoms with van der Waals surface area (Å²) in [6.07, 6.45) is 3.55. The minimum atomic E-state index is -2.99. The van der Waals surface area contributed by atoms with Crippen LogP contribution >= 0.6 is 0 Å². The molecule has 0 saturated carbocycles. The van der Waals surface area contributed by atoms with E-state index in [1.165, 1.54) is 28.5 Å². The second kappa shape index (κ2) is 12.4. The molecule has 3 aromatic rings. The van der Waals surface area contributed by atoms with E-state index < -0.39 is 15.8 Å².